The number of pyridine rings is 1. The van der Waals surface area contributed by atoms with Crippen molar-refractivity contribution in [3.8, 4) is 0 Å². The molecular weight excluding hydrogens is 278 g/mol. The zero-order valence-corrected chi connectivity index (χ0v) is 13.0. The minimum atomic E-state index is -3.53. The minimum absolute atomic E-state index is 0.156. The van der Waals surface area contributed by atoms with E-state index in [9.17, 15) is 8.42 Å². The summed E-state index contributed by atoms with van der Waals surface area (Å²) >= 11 is 0. The van der Waals surface area contributed by atoms with E-state index >= 15 is 0 Å². The van der Waals surface area contributed by atoms with Gasteiger partial charge in [-0.05, 0) is 32.4 Å². The van der Waals surface area contributed by atoms with E-state index in [2.05, 4.69) is 21.9 Å². The second-order valence-corrected chi connectivity index (χ2v) is 6.19. The molecule has 0 aromatic carbocycles. The van der Waals surface area contributed by atoms with Gasteiger partial charge in [-0.3, -0.25) is 0 Å². The van der Waals surface area contributed by atoms with Crippen molar-refractivity contribution >= 4 is 15.8 Å². The standard InChI is InChI=1S/C13H23N3O3S/c1-4-8-14-13-7-6-12(10-15-13)20(17,18)16-9-11(3)19-5-2/h6-7,10-11,16H,4-5,8-9H2,1-3H3,(H,14,15). The molecule has 1 rings (SSSR count). The van der Waals surface area contributed by atoms with Crippen LogP contribution in [0.3, 0.4) is 0 Å². The van der Waals surface area contributed by atoms with Crippen LogP contribution in [0.15, 0.2) is 23.2 Å². The number of hydrogen-bond donors (Lipinski definition) is 2. The first-order chi connectivity index (χ1) is 9.49. The molecule has 0 bridgehead atoms. The highest BCUT2D eigenvalue weighted by atomic mass is 32.2. The van der Waals surface area contributed by atoms with Crippen LogP contribution in [0.2, 0.25) is 0 Å². The maximum atomic E-state index is 12.0. The highest BCUT2D eigenvalue weighted by Gasteiger charge is 2.15. The van der Waals surface area contributed by atoms with Crippen molar-refractivity contribution in [3.05, 3.63) is 18.3 Å². The van der Waals surface area contributed by atoms with Gasteiger partial charge in [0, 0.05) is 25.9 Å². The van der Waals surface area contributed by atoms with Crippen LogP contribution in [0.4, 0.5) is 5.82 Å². The molecule has 114 valence electrons. The van der Waals surface area contributed by atoms with Gasteiger partial charge in [0.2, 0.25) is 10.0 Å². The zero-order valence-electron chi connectivity index (χ0n) is 12.2. The van der Waals surface area contributed by atoms with E-state index in [1.165, 1.54) is 6.20 Å². The SMILES string of the molecule is CCCNc1ccc(S(=O)(=O)NCC(C)OCC)cn1. The predicted octanol–water partition coefficient (Wildman–Crippen LogP) is 1.61. The summed E-state index contributed by atoms with van der Waals surface area (Å²) in [6.45, 7) is 7.35. The summed E-state index contributed by atoms with van der Waals surface area (Å²) in [4.78, 5) is 4.24. The van der Waals surface area contributed by atoms with Crippen LogP contribution < -0.4 is 10.0 Å². The van der Waals surface area contributed by atoms with Crippen molar-refractivity contribution in [1.82, 2.24) is 9.71 Å². The second-order valence-electron chi connectivity index (χ2n) is 4.42. The van der Waals surface area contributed by atoms with Crippen LogP contribution in [-0.4, -0.2) is 39.2 Å². The monoisotopic (exact) mass is 301 g/mol. The molecule has 0 spiro atoms. The number of ether oxygens (including phenoxy) is 1. The number of nitrogens with zero attached hydrogens (tertiary/aromatic N) is 1. The molecular formula is C13H23N3O3S. The van der Waals surface area contributed by atoms with Crippen LogP contribution in [0.5, 0.6) is 0 Å². The molecule has 0 fully saturated rings. The predicted molar refractivity (Wildman–Crippen MR) is 79.3 cm³/mol. The fourth-order valence-electron chi connectivity index (χ4n) is 1.55. The van der Waals surface area contributed by atoms with Crippen molar-refractivity contribution in [2.24, 2.45) is 0 Å². The topological polar surface area (TPSA) is 80.3 Å². The van der Waals surface area contributed by atoms with Gasteiger partial charge in [-0.15, -0.1) is 0 Å². The van der Waals surface area contributed by atoms with Gasteiger partial charge in [0.15, 0.2) is 0 Å². The second kappa shape index (κ2) is 8.18. The lowest BCUT2D eigenvalue weighted by atomic mass is 10.4. The smallest absolute Gasteiger partial charge is 0.242 e. The van der Waals surface area contributed by atoms with E-state index in [1.54, 1.807) is 12.1 Å². The molecule has 0 aliphatic carbocycles. The van der Waals surface area contributed by atoms with Crippen LogP contribution in [0.25, 0.3) is 0 Å². The van der Waals surface area contributed by atoms with Crippen molar-refractivity contribution in [2.75, 3.05) is 25.0 Å². The van der Waals surface area contributed by atoms with Gasteiger partial charge < -0.3 is 10.1 Å². The molecule has 1 atom stereocenters. The Hall–Kier alpha value is -1.18. The van der Waals surface area contributed by atoms with Crippen molar-refractivity contribution < 1.29 is 13.2 Å². The normalized spacial score (nSPS) is 13.2. The highest BCUT2D eigenvalue weighted by molar-refractivity contribution is 7.89. The molecule has 0 radical (unpaired) electrons. The Morgan fingerprint density at radius 1 is 1.35 bits per heavy atom. The van der Waals surface area contributed by atoms with E-state index in [0.29, 0.717) is 12.4 Å². The van der Waals surface area contributed by atoms with E-state index in [4.69, 9.17) is 4.74 Å². The van der Waals surface area contributed by atoms with E-state index in [-0.39, 0.29) is 17.5 Å². The molecule has 0 amide bonds. The van der Waals surface area contributed by atoms with Gasteiger partial charge in [-0.25, -0.2) is 18.1 Å². The third kappa shape index (κ3) is 5.44. The van der Waals surface area contributed by atoms with Crippen LogP contribution in [0, 0.1) is 0 Å². The fourth-order valence-corrected chi connectivity index (χ4v) is 2.61. The lowest BCUT2D eigenvalue weighted by molar-refractivity contribution is 0.0799. The molecule has 2 N–H and O–H groups in total. The maximum Gasteiger partial charge on any atom is 0.242 e. The maximum absolute atomic E-state index is 12.0. The molecule has 7 heteroatoms. The Morgan fingerprint density at radius 3 is 2.65 bits per heavy atom. The van der Waals surface area contributed by atoms with E-state index in [1.807, 2.05) is 13.8 Å². The average molecular weight is 301 g/mol. The number of sulfonamides is 1. The Labute approximate surface area is 121 Å². The Bertz CT molecular complexity index is 488. The van der Waals surface area contributed by atoms with Crippen molar-refractivity contribution in [1.29, 1.82) is 0 Å². The number of nitrogens with one attached hydrogen (secondary N) is 2. The Morgan fingerprint density at radius 2 is 2.10 bits per heavy atom. The lowest BCUT2D eigenvalue weighted by Gasteiger charge is -2.13. The molecule has 1 unspecified atom stereocenters. The Kier molecular flexibility index (Phi) is 6.90. The first-order valence-electron chi connectivity index (χ1n) is 6.80. The summed E-state index contributed by atoms with van der Waals surface area (Å²) < 4.78 is 31.9. The van der Waals surface area contributed by atoms with Gasteiger partial charge >= 0.3 is 0 Å². The molecule has 1 aromatic rings. The van der Waals surface area contributed by atoms with Crippen molar-refractivity contribution in [2.45, 2.75) is 38.2 Å². The van der Waals surface area contributed by atoms with E-state index in [0.717, 1.165) is 13.0 Å². The van der Waals surface area contributed by atoms with E-state index < -0.39 is 10.0 Å². The summed E-state index contributed by atoms with van der Waals surface area (Å²) in [5, 5.41) is 3.09. The highest BCUT2D eigenvalue weighted by Crippen LogP contribution is 2.10. The molecule has 1 heterocycles. The van der Waals surface area contributed by atoms with Gasteiger partial charge in [-0.2, -0.15) is 0 Å². The number of hydrogen-bond acceptors (Lipinski definition) is 5. The summed E-state index contributed by atoms with van der Waals surface area (Å²) in [5.41, 5.74) is 0. The molecule has 20 heavy (non-hydrogen) atoms. The molecule has 6 nitrogen and oxygen atoms in total. The third-order valence-corrected chi connectivity index (χ3v) is 4.02. The fraction of sp³-hybridized carbons (Fsp3) is 0.615. The average Bonchev–Trinajstić information content (AvgIpc) is 2.44. The molecule has 1 aromatic heterocycles. The van der Waals surface area contributed by atoms with Crippen LogP contribution >= 0.6 is 0 Å². The number of rotatable bonds is 9. The first kappa shape index (κ1) is 16.9. The third-order valence-electron chi connectivity index (χ3n) is 2.61. The molecule has 0 aliphatic rings. The summed E-state index contributed by atoms with van der Waals surface area (Å²) in [7, 11) is -3.53. The summed E-state index contributed by atoms with van der Waals surface area (Å²) in [6, 6.07) is 3.20. The molecule has 0 saturated carbocycles. The molecule has 0 aliphatic heterocycles. The largest absolute Gasteiger partial charge is 0.377 e. The first-order valence-corrected chi connectivity index (χ1v) is 8.29. The van der Waals surface area contributed by atoms with Gasteiger partial charge in [-0.1, -0.05) is 6.92 Å². The summed E-state index contributed by atoms with van der Waals surface area (Å²) in [5.74, 6) is 0.675. The quantitative estimate of drug-likeness (QED) is 0.724. The van der Waals surface area contributed by atoms with Crippen LogP contribution in [-0.2, 0) is 14.8 Å². The summed E-state index contributed by atoms with van der Waals surface area (Å²) in [6.07, 6.45) is 2.18. The van der Waals surface area contributed by atoms with Gasteiger partial charge in [0.05, 0.1) is 6.10 Å². The minimum Gasteiger partial charge on any atom is -0.377 e. The number of anilines is 1. The Balaban J connectivity index is 2.63. The van der Waals surface area contributed by atoms with Gasteiger partial charge in [0.25, 0.3) is 0 Å². The lowest BCUT2D eigenvalue weighted by Crippen LogP contribution is -2.32. The van der Waals surface area contributed by atoms with Gasteiger partial charge in [0.1, 0.15) is 10.7 Å². The molecule has 0 saturated heterocycles. The zero-order chi connectivity index (χ0) is 15.0. The van der Waals surface area contributed by atoms with Crippen molar-refractivity contribution in [3.63, 3.8) is 0 Å². The van der Waals surface area contributed by atoms with Crippen LogP contribution in [0.1, 0.15) is 27.2 Å². The number of aromatic nitrogens is 1.